The zero-order valence-corrected chi connectivity index (χ0v) is 7.95. The van der Waals surface area contributed by atoms with Crippen molar-refractivity contribution < 1.29 is 9.82 Å². The Labute approximate surface area is 73.9 Å². The van der Waals surface area contributed by atoms with E-state index in [1.165, 1.54) is 0 Å². The Morgan fingerprint density at radius 3 is 2.17 bits per heavy atom. The molecule has 1 aliphatic rings. The molecule has 0 aromatic carbocycles. The molecule has 1 saturated heterocycles. The van der Waals surface area contributed by atoms with Crippen molar-refractivity contribution in [3.63, 3.8) is 0 Å². The van der Waals surface area contributed by atoms with Gasteiger partial charge in [-0.05, 0) is 6.82 Å². The molecule has 0 aromatic heterocycles. The van der Waals surface area contributed by atoms with Gasteiger partial charge in [0.2, 0.25) is 0 Å². The van der Waals surface area contributed by atoms with Gasteiger partial charge in [-0.25, -0.2) is 0 Å². The van der Waals surface area contributed by atoms with Crippen molar-refractivity contribution in [2.24, 2.45) is 0 Å². The van der Waals surface area contributed by atoms with Gasteiger partial charge in [0.05, 0.1) is 0 Å². The molecule has 12 heavy (non-hydrogen) atoms. The summed E-state index contributed by atoms with van der Waals surface area (Å²) in [7, 11) is -0.442. The van der Waals surface area contributed by atoms with Gasteiger partial charge in [0.15, 0.2) is 0 Å². The van der Waals surface area contributed by atoms with Crippen molar-refractivity contribution in [1.29, 1.82) is 0 Å². The van der Waals surface area contributed by atoms with Crippen LogP contribution in [0.1, 0.15) is 26.7 Å². The first-order valence-electron chi connectivity index (χ1n) is 4.49. The van der Waals surface area contributed by atoms with Crippen LogP contribution in [-0.4, -0.2) is 34.8 Å². The molecule has 1 heterocycles. The number of piperidine rings is 1. The third-order valence-electron chi connectivity index (χ3n) is 2.50. The fourth-order valence-electron chi connectivity index (χ4n) is 2.12. The van der Waals surface area contributed by atoms with Crippen molar-refractivity contribution in [2.75, 3.05) is 0 Å². The fourth-order valence-corrected chi connectivity index (χ4v) is 2.12. The summed E-state index contributed by atoms with van der Waals surface area (Å²) in [6, 6.07) is 0.363. The first-order chi connectivity index (χ1) is 5.52. The Kier molecular flexibility index (Phi) is 2.91. The van der Waals surface area contributed by atoms with Crippen molar-refractivity contribution >= 4 is 12.8 Å². The highest BCUT2D eigenvalue weighted by Crippen LogP contribution is 2.20. The molecule has 0 saturated carbocycles. The summed E-state index contributed by atoms with van der Waals surface area (Å²) in [6.45, 7) is 5.73. The lowest BCUT2D eigenvalue weighted by molar-refractivity contribution is -0.123. The Hall–Kier alpha value is -0.345. The molecule has 3 nitrogen and oxygen atoms in total. The van der Waals surface area contributed by atoms with E-state index in [-0.39, 0.29) is 12.1 Å². The molecule has 1 N–H and O–H groups in total. The average molecular weight is 169 g/mol. The summed E-state index contributed by atoms with van der Waals surface area (Å²) in [5.74, 6) is 0.312. The molecule has 0 aliphatic carbocycles. The lowest BCUT2D eigenvalue weighted by Gasteiger charge is -2.38. The van der Waals surface area contributed by atoms with Crippen LogP contribution in [0.25, 0.3) is 0 Å². The lowest BCUT2D eigenvalue weighted by atomic mass is 9.77. The van der Waals surface area contributed by atoms with E-state index in [1.54, 1.807) is 6.82 Å². The van der Waals surface area contributed by atoms with Crippen molar-refractivity contribution in [1.82, 2.24) is 4.81 Å². The topological polar surface area (TPSA) is 40.5 Å². The van der Waals surface area contributed by atoms with Gasteiger partial charge in [0.25, 0.3) is 0 Å². The summed E-state index contributed by atoms with van der Waals surface area (Å²) in [6.07, 6.45) is 1.16. The van der Waals surface area contributed by atoms with Crippen LogP contribution in [0.3, 0.4) is 0 Å². The third-order valence-corrected chi connectivity index (χ3v) is 2.50. The lowest BCUT2D eigenvalue weighted by Crippen LogP contribution is -2.53. The van der Waals surface area contributed by atoms with Crippen LogP contribution >= 0.6 is 0 Å². The van der Waals surface area contributed by atoms with Gasteiger partial charge in [-0.15, -0.1) is 0 Å². The smallest absolute Gasteiger partial charge is 0.376 e. The number of hydrogen-bond donors (Lipinski definition) is 1. The molecule has 0 spiro atoms. The summed E-state index contributed by atoms with van der Waals surface area (Å²) < 4.78 is 0. The minimum Gasteiger partial charge on any atom is -0.437 e. The van der Waals surface area contributed by atoms with Gasteiger partial charge in [0, 0.05) is 24.9 Å². The van der Waals surface area contributed by atoms with E-state index in [9.17, 15) is 9.82 Å². The second-order valence-electron chi connectivity index (χ2n) is 3.72. The number of carbonyl (C=O) groups is 1. The minimum atomic E-state index is -0.442. The average Bonchev–Trinajstić information content (AvgIpc) is 1.82. The molecule has 0 bridgehead atoms. The standard InChI is InChI=1S/C8H16BNO2/c1-6-4-8(11)5-7(2)10(6)9(3)12/h6-7,12H,4-5H2,1-3H3. The highest BCUT2D eigenvalue weighted by Gasteiger charge is 2.33. The van der Waals surface area contributed by atoms with Crippen LogP contribution in [0.5, 0.6) is 0 Å². The first kappa shape index (κ1) is 9.74. The maximum absolute atomic E-state index is 11.1. The van der Waals surface area contributed by atoms with Crippen molar-refractivity contribution in [2.45, 2.75) is 45.6 Å². The summed E-state index contributed by atoms with van der Waals surface area (Å²) >= 11 is 0. The van der Waals surface area contributed by atoms with E-state index in [2.05, 4.69) is 0 Å². The number of carbonyl (C=O) groups excluding carboxylic acids is 1. The summed E-state index contributed by atoms with van der Waals surface area (Å²) in [4.78, 5) is 13.1. The van der Waals surface area contributed by atoms with E-state index in [0.29, 0.717) is 18.6 Å². The Morgan fingerprint density at radius 1 is 1.42 bits per heavy atom. The quantitative estimate of drug-likeness (QED) is 0.582. The summed E-state index contributed by atoms with van der Waals surface area (Å²) in [5.41, 5.74) is 0. The Bertz CT molecular complexity index is 170. The van der Waals surface area contributed by atoms with Crippen LogP contribution in [0.4, 0.5) is 0 Å². The SMILES string of the molecule is CB(O)N1C(C)CC(=O)CC1C. The molecule has 68 valence electrons. The predicted octanol–water partition coefficient (Wildman–Crippen LogP) is 0.539. The van der Waals surface area contributed by atoms with Crippen molar-refractivity contribution in [3.8, 4) is 0 Å². The first-order valence-corrected chi connectivity index (χ1v) is 4.49. The number of rotatable bonds is 1. The highest BCUT2D eigenvalue weighted by molar-refractivity contribution is 6.45. The van der Waals surface area contributed by atoms with Crippen LogP contribution in [0, 0.1) is 0 Å². The molecule has 1 aliphatic heterocycles. The predicted molar refractivity (Wildman–Crippen MR) is 48.8 cm³/mol. The summed E-state index contributed by atoms with van der Waals surface area (Å²) in [5, 5.41) is 9.42. The fraction of sp³-hybridized carbons (Fsp3) is 0.875. The molecular formula is C8H16BNO2. The molecule has 0 radical (unpaired) electrons. The van der Waals surface area contributed by atoms with Crippen LogP contribution in [-0.2, 0) is 4.79 Å². The molecule has 1 rings (SSSR count). The van der Waals surface area contributed by atoms with Gasteiger partial charge in [-0.3, -0.25) is 4.79 Å². The van der Waals surface area contributed by atoms with Gasteiger partial charge in [-0.1, -0.05) is 13.8 Å². The zero-order chi connectivity index (χ0) is 9.30. The number of nitrogens with zero attached hydrogens (tertiary/aromatic N) is 1. The normalized spacial score (nSPS) is 32.2. The van der Waals surface area contributed by atoms with Gasteiger partial charge < -0.3 is 9.83 Å². The number of ketones is 1. The highest BCUT2D eigenvalue weighted by atomic mass is 16.2. The van der Waals surface area contributed by atoms with Crippen molar-refractivity contribution in [3.05, 3.63) is 0 Å². The van der Waals surface area contributed by atoms with Gasteiger partial charge in [0.1, 0.15) is 5.78 Å². The molecular weight excluding hydrogens is 153 g/mol. The maximum Gasteiger partial charge on any atom is 0.376 e. The minimum absolute atomic E-state index is 0.182. The number of Topliss-reactive ketones (excluding diaryl/α,β-unsaturated/α-hetero) is 1. The van der Waals surface area contributed by atoms with Gasteiger partial charge >= 0.3 is 7.05 Å². The Morgan fingerprint density at radius 2 is 1.83 bits per heavy atom. The van der Waals surface area contributed by atoms with E-state index < -0.39 is 7.05 Å². The Balaban J connectivity index is 2.66. The largest absolute Gasteiger partial charge is 0.437 e. The molecule has 2 atom stereocenters. The monoisotopic (exact) mass is 169 g/mol. The number of hydrogen-bond acceptors (Lipinski definition) is 3. The molecule has 2 unspecified atom stereocenters. The van der Waals surface area contributed by atoms with E-state index in [1.807, 2.05) is 18.7 Å². The van der Waals surface area contributed by atoms with E-state index in [0.717, 1.165) is 0 Å². The van der Waals surface area contributed by atoms with Crippen LogP contribution in [0.15, 0.2) is 0 Å². The maximum atomic E-state index is 11.1. The van der Waals surface area contributed by atoms with Gasteiger partial charge in [-0.2, -0.15) is 0 Å². The third kappa shape index (κ3) is 1.87. The van der Waals surface area contributed by atoms with Crippen LogP contribution in [0.2, 0.25) is 6.82 Å². The molecule has 1 fully saturated rings. The van der Waals surface area contributed by atoms with E-state index in [4.69, 9.17) is 0 Å². The van der Waals surface area contributed by atoms with E-state index >= 15 is 0 Å². The molecule has 0 amide bonds. The zero-order valence-electron chi connectivity index (χ0n) is 7.95. The second kappa shape index (κ2) is 3.58. The molecule has 4 heteroatoms. The second-order valence-corrected chi connectivity index (χ2v) is 3.72. The van der Waals surface area contributed by atoms with Crippen LogP contribution < -0.4 is 0 Å². The molecule has 0 aromatic rings.